The van der Waals surface area contributed by atoms with Crippen LogP contribution in [0.3, 0.4) is 0 Å². The number of methoxy groups -OCH3 is 1. The summed E-state index contributed by atoms with van der Waals surface area (Å²) in [7, 11) is 1.26. The van der Waals surface area contributed by atoms with E-state index < -0.39 is 17.1 Å². The molecule has 2 aromatic heterocycles. The van der Waals surface area contributed by atoms with Crippen molar-refractivity contribution in [3.05, 3.63) is 62.0 Å². The van der Waals surface area contributed by atoms with Crippen molar-refractivity contribution in [1.82, 2.24) is 4.98 Å². The lowest BCUT2D eigenvalue weighted by Gasteiger charge is -2.20. The summed E-state index contributed by atoms with van der Waals surface area (Å²) in [5.41, 5.74) is 2.52. The highest BCUT2D eigenvalue weighted by Crippen LogP contribution is 2.31. The maximum Gasteiger partial charge on any atom is 0.358 e. The third-order valence-corrected chi connectivity index (χ3v) is 6.43. The number of rotatable bonds is 6. The molecule has 1 unspecified atom stereocenters. The van der Waals surface area contributed by atoms with Crippen LogP contribution in [0.2, 0.25) is 5.15 Å². The molecule has 0 fully saturated rings. The fourth-order valence-corrected chi connectivity index (χ4v) is 4.35. The van der Waals surface area contributed by atoms with E-state index in [4.69, 9.17) is 20.8 Å². The maximum atomic E-state index is 13.0. The summed E-state index contributed by atoms with van der Waals surface area (Å²) in [5.74, 6) is -0.294. The average Bonchev–Trinajstić information content (AvgIpc) is 2.76. The Balaban J connectivity index is 2.16. The molecule has 0 aliphatic heterocycles. The summed E-state index contributed by atoms with van der Waals surface area (Å²) < 4.78 is 23.3. The van der Waals surface area contributed by atoms with E-state index in [1.54, 1.807) is 32.0 Å². The normalized spacial score (nSPS) is 13.1. The zero-order valence-electron chi connectivity index (χ0n) is 17.9. The molecule has 1 N–H and O–H groups in total. The number of nitrogens with zero attached hydrogens (tertiary/aromatic N) is 1. The van der Waals surface area contributed by atoms with Crippen molar-refractivity contribution in [2.24, 2.45) is 0 Å². The fraction of sp³-hybridized carbons (Fsp3) is 0.318. The SMILES string of the molecule is CC[S+]([O-])c1oc2c([C@@H](C)Nc3ccc(Cl)nc3C(=O)OC)cc(C)cc2c(=O)c1C. The lowest BCUT2D eigenvalue weighted by atomic mass is 10.0. The smallest absolute Gasteiger partial charge is 0.358 e. The Morgan fingerprint density at radius 1 is 1.35 bits per heavy atom. The first kappa shape index (κ1) is 23.1. The Bertz CT molecular complexity index is 1210. The van der Waals surface area contributed by atoms with E-state index in [1.165, 1.54) is 7.11 Å². The molecule has 0 amide bonds. The van der Waals surface area contributed by atoms with Gasteiger partial charge in [-0.25, -0.2) is 9.78 Å². The van der Waals surface area contributed by atoms with Crippen LogP contribution >= 0.6 is 11.6 Å². The van der Waals surface area contributed by atoms with E-state index in [0.29, 0.717) is 33.5 Å². The van der Waals surface area contributed by atoms with E-state index in [0.717, 1.165) is 5.56 Å². The molecule has 0 bridgehead atoms. The zero-order valence-corrected chi connectivity index (χ0v) is 19.4. The Kier molecular flexibility index (Phi) is 6.93. The minimum Gasteiger partial charge on any atom is -0.609 e. The quantitative estimate of drug-likeness (QED) is 0.325. The van der Waals surface area contributed by atoms with E-state index in [-0.39, 0.29) is 27.4 Å². The Labute approximate surface area is 187 Å². The topological polar surface area (TPSA) is 104 Å². The van der Waals surface area contributed by atoms with Crippen LogP contribution in [-0.4, -0.2) is 28.4 Å². The van der Waals surface area contributed by atoms with Crippen molar-refractivity contribution >= 4 is 45.4 Å². The monoisotopic (exact) mass is 462 g/mol. The summed E-state index contributed by atoms with van der Waals surface area (Å²) in [5, 5.41) is 3.98. The number of fused-ring (bicyclic) bond motifs is 1. The highest BCUT2D eigenvalue weighted by atomic mass is 35.5. The van der Waals surface area contributed by atoms with Crippen LogP contribution in [0.25, 0.3) is 11.0 Å². The largest absolute Gasteiger partial charge is 0.609 e. The molecule has 0 saturated heterocycles. The van der Waals surface area contributed by atoms with Gasteiger partial charge in [-0.3, -0.25) is 4.79 Å². The Hall–Kier alpha value is -2.55. The molecule has 0 aliphatic rings. The molecule has 31 heavy (non-hydrogen) atoms. The van der Waals surface area contributed by atoms with Gasteiger partial charge in [0.25, 0.3) is 0 Å². The number of esters is 1. The van der Waals surface area contributed by atoms with Crippen LogP contribution < -0.4 is 10.7 Å². The van der Waals surface area contributed by atoms with Crippen molar-refractivity contribution < 1.29 is 18.5 Å². The Morgan fingerprint density at radius 3 is 2.71 bits per heavy atom. The predicted octanol–water partition coefficient (Wildman–Crippen LogP) is 4.55. The first-order valence-electron chi connectivity index (χ1n) is 9.65. The summed E-state index contributed by atoms with van der Waals surface area (Å²) in [6.45, 7) is 7.13. The second-order valence-corrected chi connectivity index (χ2v) is 9.12. The standard InChI is InChI=1S/C22H23ClN2O5S/c1-6-31(28)22-12(3)19(26)15-10-11(2)9-14(20(15)30-22)13(4)24-16-7-8-17(23)25-18(16)21(27)29-5/h7-10,13,24H,6H2,1-5H3/t13-,31?/m1/s1. The molecule has 0 saturated carbocycles. The number of carbonyl (C=O) groups is 1. The van der Waals surface area contributed by atoms with Gasteiger partial charge in [-0.1, -0.05) is 17.7 Å². The van der Waals surface area contributed by atoms with Crippen LogP contribution in [0, 0.1) is 13.8 Å². The van der Waals surface area contributed by atoms with Gasteiger partial charge in [0.15, 0.2) is 5.69 Å². The molecule has 7 nitrogen and oxygen atoms in total. The number of nitrogens with one attached hydrogen (secondary N) is 1. The fourth-order valence-electron chi connectivity index (χ4n) is 3.33. The van der Waals surface area contributed by atoms with Gasteiger partial charge in [-0.2, -0.15) is 0 Å². The molecule has 2 atom stereocenters. The number of pyridine rings is 1. The minimum absolute atomic E-state index is 0.0453. The molecule has 0 radical (unpaired) electrons. The van der Waals surface area contributed by atoms with E-state index in [1.807, 2.05) is 19.9 Å². The van der Waals surface area contributed by atoms with Gasteiger partial charge in [0.1, 0.15) is 16.5 Å². The van der Waals surface area contributed by atoms with Gasteiger partial charge in [0.2, 0.25) is 5.43 Å². The second-order valence-electron chi connectivity index (χ2n) is 7.10. The van der Waals surface area contributed by atoms with Gasteiger partial charge in [-0.15, -0.1) is 0 Å². The number of carbonyl (C=O) groups excluding carboxylic acids is 1. The molecule has 164 valence electrons. The van der Waals surface area contributed by atoms with Crippen molar-refractivity contribution in [2.75, 3.05) is 18.2 Å². The number of halogens is 1. The predicted molar refractivity (Wildman–Crippen MR) is 122 cm³/mol. The van der Waals surface area contributed by atoms with E-state index in [9.17, 15) is 14.1 Å². The Morgan fingerprint density at radius 2 is 2.06 bits per heavy atom. The molecule has 9 heteroatoms. The summed E-state index contributed by atoms with van der Waals surface area (Å²) in [4.78, 5) is 29.2. The molecule has 0 spiro atoms. The maximum absolute atomic E-state index is 13.0. The number of aryl methyl sites for hydroxylation is 1. The number of anilines is 1. The lowest BCUT2D eigenvalue weighted by Crippen LogP contribution is -2.17. The van der Waals surface area contributed by atoms with Crippen LogP contribution in [0.15, 0.2) is 38.6 Å². The van der Waals surface area contributed by atoms with Gasteiger partial charge in [0, 0.05) is 16.7 Å². The molecular formula is C22H23ClN2O5S. The molecule has 3 aromatic rings. The van der Waals surface area contributed by atoms with Crippen LogP contribution in [-0.2, 0) is 15.9 Å². The number of hydrogen-bond donors (Lipinski definition) is 1. The van der Waals surface area contributed by atoms with Crippen LogP contribution in [0.4, 0.5) is 5.69 Å². The molecular weight excluding hydrogens is 440 g/mol. The third kappa shape index (κ3) is 4.56. The van der Waals surface area contributed by atoms with Crippen molar-refractivity contribution in [1.29, 1.82) is 0 Å². The summed E-state index contributed by atoms with van der Waals surface area (Å²) in [6.07, 6.45) is 0. The zero-order chi connectivity index (χ0) is 22.9. The van der Waals surface area contributed by atoms with Gasteiger partial charge in [0.05, 0.1) is 29.8 Å². The minimum atomic E-state index is -1.42. The lowest BCUT2D eigenvalue weighted by molar-refractivity contribution is 0.0595. The van der Waals surface area contributed by atoms with E-state index >= 15 is 0 Å². The third-order valence-electron chi connectivity index (χ3n) is 4.90. The van der Waals surface area contributed by atoms with Crippen LogP contribution in [0.5, 0.6) is 0 Å². The van der Waals surface area contributed by atoms with Crippen molar-refractivity contribution in [3.63, 3.8) is 0 Å². The highest BCUT2D eigenvalue weighted by Gasteiger charge is 2.24. The van der Waals surface area contributed by atoms with Gasteiger partial charge in [-0.05, 0) is 51.5 Å². The van der Waals surface area contributed by atoms with Crippen molar-refractivity contribution in [2.45, 2.75) is 38.8 Å². The van der Waals surface area contributed by atoms with Gasteiger partial charge >= 0.3 is 11.1 Å². The highest BCUT2D eigenvalue weighted by molar-refractivity contribution is 7.91. The summed E-state index contributed by atoms with van der Waals surface area (Å²) in [6, 6.07) is 6.45. The molecule has 3 rings (SSSR count). The molecule has 1 aromatic carbocycles. The number of hydrogen-bond acceptors (Lipinski definition) is 7. The van der Waals surface area contributed by atoms with Crippen molar-refractivity contribution in [3.8, 4) is 0 Å². The number of benzene rings is 1. The summed E-state index contributed by atoms with van der Waals surface area (Å²) >= 11 is 4.52. The van der Waals surface area contributed by atoms with Gasteiger partial charge < -0.3 is 19.0 Å². The number of ether oxygens (including phenoxy) is 1. The first-order chi connectivity index (χ1) is 14.7. The molecule has 0 aliphatic carbocycles. The second kappa shape index (κ2) is 9.30. The van der Waals surface area contributed by atoms with Crippen LogP contribution in [0.1, 0.15) is 47.1 Å². The number of aromatic nitrogens is 1. The average molecular weight is 463 g/mol. The molecule has 2 heterocycles. The first-order valence-corrected chi connectivity index (χ1v) is 11.3. The van der Waals surface area contributed by atoms with E-state index in [2.05, 4.69) is 10.3 Å².